The molecule has 0 aromatic heterocycles. The highest BCUT2D eigenvalue weighted by Gasteiger charge is 2.23. The number of primary amides is 1. The zero-order valence-corrected chi connectivity index (χ0v) is 11.4. The fourth-order valence-electron chi connectivity index (χ4n) is 1.46. The van der Waals surface area contributed by atoms with E-state index in [0.717, 1.165) is 0 Å². The number of nitrogens with one attached hydrogen (secondary N) is 2. The molecule has 0 aliphatic carbocycles. The van der Waals surface area contributed by atoms with E-state index in [-0.39, 0.29) is 25.8 Å². The van der Waals surface area contributed by atoms with Gasteiger partial charge >= 0.3 is 18.0 Å². The molecule has 0 heterocycles. The van der Waals surface area contributed by atoms with Crippen LogP contribution in [0.4, 0.5) is 4.79 Å². The first-order valence-corrected chi connectivity index (χ1v) is 6.28. The minimum absolute atomic E-state index is 0.0764. The monoisotopic (exact) mass is 304 g/mol. The molecule has 0 aliphatic rings. The summed E-state index contributed by atoms with van der Waals surface area (Å²) in [5.41, 5.74) is 10.3. The highest BCUT2D eigenvalue weighted by atomic mass is 16.4. The van der Waals surface area contributed by atoms with Gasteiger partial charge in [-0.15, -0.1) is 0 Å². The molecule has 10 nitrogen and oxygen atoms in total. The summed E-state index contributed by atoms with van der Waals surface area (Å²) in [6.45, 7) is 0.181. The molecule has 0 unspecified atom stereocenters. The zero-order chi connectivity index (χ0) is 16.4. The minimum atomic E-state index is -1.24. The van der Waals surface area contributed by atoms with Crippen LogP contribution in [-0.2, 0) is 14.4 Å². The molecule has 21 heavy (non-hydrogen) atoms. The van der Waals surface area contributed by atoms with Crippen molar-refractivity contribution >= 4 is 23.9 Å². The van der Waals surface area contributed by atoms with Gasteiger partial charge in [-0.2, -0.15) is 0 Å². The van der Waals surface area contributed by atoms with Gasteiger partial charge in [0.05, 0.1) is 6.04 Å². The average molecular weight is 304 g/mol. The lowest BCUT2D eigenvalue weighted by molar-refractivity contribution is -0.142. The number of carboxylic acid groups (broad SMARTS) is 2. The molecule has 0 spiro atoms. The number of rotatable bonds is 10. The molecule has 0 radical (unpaired) electrons. The van der Waals surface area contributed by atoms with Crippen LogP contribution in [0.15, 0.2) is 0 Å². The Morgan fingerprint density at radius 3 is 2.19 bits per heavy atom. The highest BCUT2D eigenvalue weighted by Crippen LogP contribution is 2.00. The van der Waals surface area contributed by atoms with Crippen molar-refractivity contribution in [3.05, 3.63) is 0 Å². The Kier molecular flexibility index (Phi) is 8.46. The van der Waals surface area contributed by atoms with Gasteiger partial charge in [0.15, 0.2) is 0 Å². The molecule has 120 valence electrons. The molecule has 0 aromatic carbocycles. The number of urea groups is 1. The summed E-state index contributed by atoms with van der Waals surface area (Å²) < 4.78 is 0. The molecule has 2 atom stereocenters. The van der Waals surface area contributed by atoms with Crippen LogP contribution in [0.5, 0.6) is 0 Å². The van der Waals surface area contributed by atoms with E-state index in [1.807, 2.05) is 0 Å². The van der Waals surface area contributed by atoms with Gasteiger partial charge in [0, 0.05) is 13.0 Å². The van der Waals surface area contributed by atoms with E-state index in [2.05, 4.69) is 10.6 Å². The summed E-state index contributed by atoms with van der Waals surface area (Å²) in [6.07, 6.45) is 0.00312. The molecule has 0 bridgehead atoms. The minimum Gasteiger partial charge on any atom is -0.481 e. The average Bonchev–Trinajstić information content (AvgIpc) is 2.38. The molecule has 0 aliphatic heterocycles. The summed E-state index contributed by atoms with van der Waals surface area (Å²) in [5.74, 6) is -3.06. The maximum absolute atomic E-state index is 11.6. The Morgan fingerprint density at radius 2 is 1.71 bits per heavy atom. The van der Waals surface area contributed by atoms with Crippen molar-refractivity contribution in [2.24, 2.45) is 11.5 Å². The number of nitrogens with two attached hydrogens (primary N) is 2. The lowest BCUT2D eigenvalue weighted by atomic mass is 10.1. The van der Waals surface area contributed by atoms with Crippen LogP contribution in [0.2, 0.25) is 0 Å². The van der Waals surface area contributed by atoms with Crippen LogP contribution < -0.4 is 22.1 Å². The van der Waals surface area contributed by atoms with Gasteiger partial charge in [-0.05, 0) is 19.3 Å². The summed E-state index contributed by atoms with van der Waals surface area (Å²) in [5, 5.41) is 22.0. The first-order valence-electron chi connectivity index (χ1n) is 6.28. The van der Waals surface area contributed by atoms with Crippen LogP contribution in [0.25, 0.3) is 0 Å². The van der Waals surface area contributed by atoms with Crippen molar-refractivity contribution in [3.63, 3.8) is 0 Å². The predicted octanol–water partition coefficient (Wildman–Crippen LogP) is -1.80. The Balaban J connectivity index is 4.23. The molecule has 0 saturated carbocycles. The van der Waals surface area contributed by atoms with Gasteiger partial charge in [-0.3, -0.25) is 9.59 Å². The molecule has 0 rings (SSSR count). The highest BCUT2D eigenvalue weighted by molar-refractivity contribution is 5.87. The van der Waals surface area contributed by atoms with Gasteiger partial charge in [-0.25, -0.2) is 9.59 Å². The van der Waals surface area contributed by atoms with E-state index in [1.165, 1.54) is 0 Å². The van der Waals surface area contributed by atoms with Crippen LogP contribution in [0, 0.1) is 0 Å². The summed E-state index contributed by atoms with van der Waals surface area (Å²) in [4.78, 5) is 43.4. The summed E-state index contributed by atoms with van der Waals surface area (Å²) >= 11 is 0. The number of carbonyl (C=O) groups excluding carboxylic acids is 2. The van der Waals surface area contributed by atoms with E-state index in [1.54, 1.807) is 0 Å². The van der Waals surface area contributed by atoms with Crippen LogP contribution >= 0.6 is 0 Å². The van der Waals surface area contributed by atoms with Crippen molar-refractivity contribution in [1.82, 2.24) is 10.6 Å². The number of hydrogen-bond donors (Lipinski definition) is 6. The third kappa shape index (κ3) is 9.21. The standard InChI is InChI=1S/C11H20N4O6/c12-6(3-4-8(16)17)9(18)15-7(10(19)20)2-1-5-14-11(13)21/h6-7H,1-5,12H2,(H,15,18)(H,16,17)(H,19,20)(H3,13,14,21)/t6-,7-/m0/s1. The van der Waals surface area contributed by atoms with E-state index < -0.39 is 36.0 Å². The van der Waals surface area contributed by atoms with Crippen molar-refractivity contribution in [3.8, 4) is 0 Å². The molecule has 0 fully saturated rings. The number of hydrogen-bond acceptors (Lipinski definition) is 5. The summed E-state index contributed by atoms with van der Waals surface area (Å²) in [7, 11) is 0. The van der Waals surface area contributed by atoms with Crippen molar-refractivity contribution in [1.29, 1.82) is 0 Å². The Bertz CT molecular complexity index is 400. The van der Waals surface area contributed by atoms with Crippen molar-refractivity contribution in [2.75, 3.05) is 6.54 Å². The van der Waals surface area contributed by atoms with Gasteiger partial charge in [0.2, 0.25) is 5.91 Å². The van der Waals surface area contributed by atoms with E-state index >= 15 is 0 Å². The largest absolute Gasteiger partial charge is 0.481 e. The van der Waals surface area contributed by atoms with Gasteiger partial charge in [0.1, 0.15) is 6.04 Å². The van der Waals surface area contributed by atoms with Crippen LogP contribution in [-0.4, -0.2) is 52.7 Å². The smallest absolute Gasteiger partial charge is 0.326 e. The molecular weight excluding hydrogens is 284 g/mol. The second-order valence-corrected chi connectivity index (χ2v) is 4.37. The first-order chi connectivity index (χ1) is 9.73. The number of carboxylic acids is 2. The number of aliphatic carboxylic acids is 2. The predicted molar refractivity (Wildman–Crippen MR) is 71.2 cm³/mol. The first kappa shape index (κ1) is 18.6. The van der Waals surface area contributed by atoms with Gasteiger partial charge in [-0.1, -0.05) is 0 Å². The number of carbonyl (C=O) groups is 4. The van der Waals surface area contributed by atoms with Crippen LogP contribution in [0.1, 0.15) is 25.7 Å². The molecule has 0 saturated heterocycles. The second kappa shape index (κ2) is 9.53. The van der Waals surface area contributed by atoms with Gasteiger partial charge < -0.3 is 32.3 Å². The third-order valence-corrected chi connectivity index (χ3v) is 2.59. The molecular formula is C11H20N4O6. The number of amides is 3. The lowest BCUT2D eigenvalue weighted by Crippen LogP contribution is -2.48. The second-order valence-electron chi connectivity index (χ2n) is 4.37. The zero-order valence-electron chi connectivity index (χ0n) is 11.4. The van der Waals surface area contributed by atoms with E-state index in [4.69, 9.17) is 21.7 Å². The SMILES string of the molecule is NC(=O)NCCC[C@H](NC(=O)[C@@H](N)CCC(=O)O)C(=O)O. The fraction of sp³-hybridized carbons (Fsp3) is 0.636. The molecule has 8 N–H and O–H groups in total. The van der Waals surface area contributed by atoms with Crippen molar-refractivity contribution < 1.29 is 29.4 Å². The Hall–Kier alpha value is -2.36. The lowest BCUT2D eigenvalue weighted by Gasteiger charge is -2.17. The van der Waals surface area contributed by atoms with Crippen LogP contribution in [0.3, 0.4) is 0 Å². The maximum atomic E-state index is 11.6. The Labute approximate surface area is 120 Å². The molecule has 10 heteroatoms. The third-order valence-electron chi connectivity index (χ3n) is 2.59. The van der Waals surface area contributed by atoms with E-state index in [9.17, 15) is 19.2 Å². The van der Waals surface area contributed by atoms with Crippen molar-refractivity contribution in [2.45, 2.75) is 37.8 Å². The summed E-state index contributed by atoms with van der Waals surface area (Å²) in [6, 6.07) is -2.98. The normalized spacial score (nSPS) is 13.0. The quantitative estimate of drug-likeness (QED) is 0.257. The maximum Gasteiger partial charge on any atom is 0.326 e. The van der Waals surface area contributed by atoms with Gasteiger partial charge in [0.25, 0.3) is 0 Å². The molecule has 0 aromatic rings. The topological polar surface area (TPSA) is 185 Å². The van der Waals surface area contributed by atoms with E-state index in [0.29, 0.717) is 6.42 Å². The molecule has 3 amide bonds. The Morgan fingerprint density at radius 1 is 1.10 bits per heavy atom. The fourth-order valence-corrected chi connectivity index (χ4v) is 1.46.